The maximum absolute atomic E-state index is 6.14. The van der Waals surface area contributed by atoms with E-state index in [4.69, 9.17) is 10.3 Å². The summed E-state index contributed by atoms with van der Waals surface area (Å²) in [6.07, 6.45) is 2.75. The second-order valence-corrected chi connectivity index (χ2v) is 5.60. The Balaban J connectivity index is 1.83. The lowest BCUT2D eigenvalue weighted by Crippen LogP contribution is -2.32. The first kappa shape index (κ1) is 12.4. The highest BCUT2D eigenvalue weighted by Gasteiger charge is 2.30. The van der Waals surface area contributed by atoms with Crippen LogP contribution in [0.4, 0.5) is 0 Å². The van der Waals surface area contributed by atoms with Gasteiger partial charge in [0, 0.05) is 5.92 Å². The summed E-state index contributed by atoms with van der Waals surface area (Å²) in [5, 5.41) is 4.13. The van der Waals surface area contributed by atoms with Gasteiger partial charge >= 0.3 is 0 Å². The van der Waals surface area contributed by atoms with Crippen LogP contribution in [0.3, 0.4) is 0 Å². The van der Waals surface area contributed by atoms with Crippen LogP contribution in [0.2, 0.25) is 0 Å². The number of aromatic nitrogens is 2. The van der Waals surface area contributed by atoms with Gasteiger partial charge < -0.3 is 10.3 Å². The molecule has 3 rings (SSSR count). The summed E-state index contributed by atoms with van der Waals surface area (Å²) < 4.78 is 5.35. The average Bonchev–Trinajstić information content (AvgIpc) is 3.05. The minimum atomic E-state index is -0.531. The summed E-state index contributed by atoms with van der Waals surface area (Å²) in [4.78, 5) is 4.52. The van der Waals surface area contributed by atoms with Crippen molar-refractivity contribution in [3.8, 4) is 0 Å². The molecule has 0 fully saturated rings. The summed E-state index contributed by atoms with van der Waals surface area (Å²) in [5.74, 6) is 1.65. The second-order valence-electron chi connectivity index (χ2n) is 5.60. The molecule has 2 N–H and O–H groups in total. The highest BCUT2D eigenvalue weighted by molar-refractivity contribution is 5.34. The molecule has 1 atom stereocenters. The first-order valence-electron chi connectivity index (χ1n) is 6.80. The molecule has 19 heavy (non-hydrogen) atoms. The Morgan fingerprint density at radius 2 is 1.95 bits per heavy atom. The van der Waals surface area contributed by atoms with Crippen LogP contribution in [0, 0.1) is 0 Å². The summed E-state index contributed by atoms with van der Waals surface area (Å²) in [5.41, 5.74) is 8.39. The van der Waals surface area contributed by atoms with Crippen LogP contribution < -0.4 is 5.73 Å². The molecule has 1 aliphatic rings. The van der Waals surface area contributed by atoms with E-state index in [2.05, 4.69) is 34.4 Å². The van der Waals surface area contributed by atoms with Crippen molar-refractivity contribution in [1.82, 2.24) is 10.1 Å². The number of hydrogen-bond acceptors (Lipinski definition) is 4. The van der Waals surface area contributed by atoms with Crippen molar-refractivity contribution in [3.63, 3.8) is 0 Å². The van der Waals surface area contributed by atoms with Gasteiger partial charge in [-0.25, -0.2) is 0 Å². The van der Waals surface area contributed by atoms with Crippen LogP contribution >= 0.6 is 0 Å². The van der Waals surface area contributed by atoms with Gasteiger partial charge in [-0.05, 0) is 37.3 Å². The minimum Gasteiger partial charge on any atom is -0.337 e. The summed E-state index contributed by atoms with van der Waals surface area (Å²) in [6, 6.07) is 8.51. The maximum atomic E-state index is 6.14. The fourth-order valence-electron chi connectivity index (χ4n) is 2.53. The van der Waals surface area contributed by atoms with Crippen molar-refractivity contribution in [2.24, 2.45) is 5.73 Å². The van der Waals surface area contributed by atoms with Gasteiger partial charge in [0.05, 0.1) is 5.54 Å². The molecule has 0 spiro atoms. The predicted octanol–water partition coefficient (Wildman–Crippen LogP) is 2.54. The van der Waals surface area contributed by atoms with Crippen molar-refractivity contribution in [2.75, 3.05) is 0 Å². The third kappa shape index (κ3) is 2.16. The molecule has 4 heteroatoms. The van der Waals surface area contributed by atoms with Crippen LogP contribution in [-0.4, -0.2) is 10.1 Å². The van der Waals surface area contributed by atoms with Gasteiger partial charge in [-0.1, -0.05) is 36.3 Å². The lowest BCUT2D eigenvalue weighted by atomic mass is 10.0. The molecule has 0 radical (unpaired) electrons. The zero-order valence-corrected chi connectivity index (χ0v) is 11.4. The smallest absolute Gasteiger partial charge is 0.246 e. The van der Waals surface area contributed by atoms with E-state index in [0.29, 0.717) is 11.8 Å². The fourth-order valence-corrected chi connectivity index (χ4v) is 2.53. The van der Waals surface area contributed by atoms with E-state index in [1.807, 2.05) is 13.8 Å². The standard InChI is InChI=1S/C15H19N3O/c1-3-15(2,16)14-17-13(18-19-14)12-8-10-6-4-5-7-11(10)9-12/h4-7,12H,3,8-9,16H2,1-2H3. The Kier molecular flexibility index (Phi) is 2.90. The maximum Gasteiger partial charge on any atom is 0.246 e. The molecule has 0 saturated carbocycles. The van der Waals surface area contributed by atoms with Gasteiger partial charge in [-0.15, -0.1) is 0 Å². The van der Waals surface area contributed by atoms with E-state index < -0.39 is 5.54 Å². The number of nitrogens with two attached hydrogens (primary N) is 1. The number of benzene rings is 1. The van der Waals surface area contributed by atoms with Crippen molar-refractivity contribution in [1.29, 1.82) is 0 Å². The highest BCUT2D eigenvalue weighted by Crippen LogP contribution is 2.33. The van der Waals surface area contributed by atoms with E-state index in [1.54, 1.807) is 0 Å². The monoisotopic (exact) mass is 257 g/mol. The molecule has 1 heterocycles. The summed E-state index contributed by atoms with van der Waals surface area (Å²) in [7, 11) is 0. The van der Waals surface area contributed by atoms with Crippen molar-refractivity contribution >= 4 is 0 Å². The van der Waals surface area contributed by atoms with Gasteiger partial charge in [0.25, 0.3) is 0 Å². The Morgan fingerprint density at radius 1 is 1.32 bits per heavy atom. The topological polar surface area (TPSA) is 64.9 Å². The fraction of sp³-hybridized carbons (Fsp3) is 0.467. The molecule has 2 aromatic rings. The molecule has 100 valence electrons. The molecule has 1 aromatic carbocycles. The second kappa shape index (κ2) is 4.46. The third-order valence-electron chi connectivity index (χ3n) is 4.08. The molecular weight excluding hydrogens is 238 g/mol. The molecule has 0 saturated heterocycles. The number of rotatable bonds is 3. The molecule has 0 bridgehead atoms. The number of hydrogen-bond donors (Lipinski definition) is 1. The number of fused-ring (bicyclic) bond motifs is 1. The Labute approximate surface area is 113 Å². The normalized spacial score (nSPS) is 18.3. The number of nitrogens with zero attached hydrogens (tertiary/aromatic N) is 2. The van der Waals surface area contributed by atoms with Gasteiger partial charge in [-0.3, -0.25) is 0 Å². The van der Waals surface area contributed by atoms with Crippen molar-refractivity contribution in [2.45, 2.75) is 44.6 Å². The van der Waals surface area contributed by atoms with E-state index in [-0.39, 0.29) is 0 Å². The zero-order valence-electron chi connectivity index (χ0n) is 11.4. The minimum absolute atomic E-state index is 0.322. The first-order valence-corrected chi connectivity index (χ1v) is 6.80. The molecule has 1 unspecified atom stereocenters. The largest absolute Gasteiger partial charge is 0.337 e. The van der Waals surface area contributed by atoms with E-state index in [0.717, 1.165) is 25.1 Å². The Hall–Kier alpha value is -1.68. The molecule has 0 amide bonds. The molecule has 0 aliphatic heterocycles. The Bertz CT molecular complexity index is 564. The quantitative estimate of drug-likeness (QED) is 0.917. The molecule has 4 nitrogen and oxygen atoms in total. The summed E-state index contributed by atoms with van der Waals surface area (Å²) in [6.45, 7) is 3.95. The van der Waals surface area contributed by atoms with Crippen molar-refractivity contribution < 1.29 is 4.52 Å². The van der Waals surface area contributed by atoms with Crippen molar-refractivity contribution in [3.05, 3.63) is 47.1 Å². The van der Waals surface area contributed by atoms with Crippen LogP contribution in [0.5, 0.6) is 0 Å². The van der Waals surface area contributed by atoms with Gasteiger partial charge in [0.2, 0.25) is 5.89 Å². The van der Waals surface area contributed by atoms with Crippen LogP contribution in [-0.2, 0) is 18.4 Å². The predicted molar refractivity (Wildman–Crippen MR) is 72.7 cm³/mol. The zero-order chi connectivity index (χ0) is 13.5. The Morgan fingerprint density at radius 3 is 2.53 bits per heavy atom. The van der Waals surface area contributed by atoms with Crippen LogP contribution in [0.25, 0.3) is 0 Å². The lowest BCUT2D eigenvalue weighted by Gasteiger charge is -2.16. The average molecular weight is 257 g/mol. The van der Waals surface area contributed by atoms with Gasteiger partial charge in [0.15, 0.2) is 5.82 Å². The van der Waals surface area contributed by atoms with Crippen LogP contribution in [0.15, 0.2) is 28.8 Å². The highest BCUT2D eigenvalue weighted by atomic mass is 16.5. The SMILES string of the molecule is CCC(C)(N)c1nc(C2Cc3ccccc3C2)no1. The third-order valence-corrected chi connectivity index (χ3v) is 4.08. The van der Waals surface area contributed by atoms with E-state index in [1.165, 1.54) is 11.1 Å². The first-order chi connectivity index (χ1) is 9.10. The van der Waals surface area contributed by atoms with Gasteiger partial charge in [-0.2, -0.15) is 4.98 Å². The van der Waals surface area contributed by atoms with Gasteiger partial charge in [0.1, 0.15) is 0 Å². The lowest BCUT2D eigenvalue weighted by molar-refractivity contribution is 0.289. The summed E-state index contributed by atoms with van der Waals surface area (Å²) >= 11 is 0. The molecule has 1 aromatic heterocycles. The van der Waals surface area contributed by atoms with E-state index in [9.17, 15) is 0 Å². The van der Waals surface area contributed by atoms with E-state index >= 15 is 0 Å². The van der Waals surface area contributed by atoms with Crippen LogP contribution in [0.1, 0.15) is 49.0 Å². The molecule has 1 aliphatic carbocycles. The molecular formula is C15H19N3O.